The van der Waals surface area contributed by atoms with Crippen LogP contribution in [0.15, 0.2) is 60.0 Å². The molecule has 122 valence electrons. The van der Waals surface area contributed by atoms with E-state index in [1.54, 1.807) is 24.3 Å². The summed E-state index contributed by atoms with van der Waals surface area (Å²) in [6, 6.07) is 16.5. The van der Waals surface area contributed by atoms with E-state index in [1.165, 1.54) is 11.3 Å². The summed E-state index contributed by atoms with van der Waals surface area (Å²) in [4.78, 5) is 23.7. The van der Waals surface area contributed by atoms with Gasteiger partial charge in [0, 0.05) is 22.5 Å². The molecule has 1 heterocycles. The van der Waals surface area contributed by atoms with E-state index in [4.69, 9.17) is 0 Å². The predicted molar refractivity (Wildman–Crippen MR) is 94.9 cm³/mol. The zero-order chi connectivity index (χ0) is 16.9. The van der Waals surface area contributed by atoms with Crippen LogP contribution in [0.5, 0.6) is 0 Å². The second-order valence-electron chi connectivity index (χ2n) is 5.23. The molecule has 1 atom stereocenters. The van der Waals surface area contributed by atoms with Gasteiger partial charge in [-0.3, -0.25) is 9.59 Å². The summed E-state index contributed by atoms with van der Waals surface area (Å²) in [5, 5.41) is 18.1. The van der Waals surface area contributed by atoms with Crippen molar-refractivity contribution in [3.8, 4) is 0 Å². The van der Waals surface area contributed by atoms with Gasteiger partial charge >= 0.3 is 11.8 Å². The number of thiophene rings is 1. The second-order valence-corrected chi connectivity index (χ2v) is 6.14. The fourth-order valence-corrected chi connectivity index (χ4v) is 3.35. The van der Waals surface area contributed by atoms with Gasteiger partial charge in [-0.25, -0.2) is 0 Å². The molecule has 3 N–H and O–H groups in total. The number of carbonyl (C=O) groups is 2. The molecule has 3 rings (SSSR count). The van der Waals surface area contributed by atoms with Gasteiger partial charge in [0.1, 0.15) is 0 Å². The lowest BCUT2D eigenvalue weighted by atomic mass is 10.1. The molecule has 1 aromatic heterocycles. The highest BCUT2D eigenvalue weighted by Gasteiger charge is 2.17. The minimum Gasteiger partial charge on any atom is -0.387 e. The molecule has 2 amide bonds. The van der Waals surface area contributed by atoms with Crippen LogP contribution in [0.4, 0.5) is 5.69 Å². The van der Waals surface area contributed by atoms with Crippen molar-refractivity contribution in [3.63, 3.8) is 0 Å². The van der Waals surface area contributed by atoms with E-state index in [2.05, 4.69) is 10.6 Å². The van der Waals surface area contributed by atoms with Crippen molar-refractivity contribution in [2.75, 3.05) is 11.9 Å². The Labute approximate surface area is 142 Å². The zero-order valence-electron chi connectivity index (χ0n) is 12.7. The molecule has 0 spiro atoms. The molecule has 3 aromatic rings. The molecule has 6 heteroatoms. The van der Waals surface area contributed by atoms with Crippen LogP contribution in [0.2, 0.25) is 0 Å². The van der Waals surface area contributed by atoms with E-state index >= 15 is 0 Å². The molecular formula is C18H16N2O3S. The van der Waals surface area contributed by atoms with Gasteiger partial charge < -0.3 is 15.7 Å². The first-order chi connectivity index (χ1) is 11.6. The van der Waals surface area contributed by atoms with Gasteiger partial charge in [-0.2, -0.15) is 0 Å². The van der Waals surface area contributed by atoms with Crippen molar-refractivity contribution in [2.45, 2.75) is 6.10 Å². The number of hydrogen-bond acceptors (Lipinski definition) is 4. The third-order valence-corrected chi connectivity index (χ3v) is 4.55. The Hall–Kier alpha value is -2.70. The Morgan fingerprint density at radius 3 is 2.50 bits per heavy atom. The molecule has 24 heavy (non-hydrogen) atoms. The zero-order valence-corrected chi connectivity index (χ0v) is 13.5. The van der Waals surface area contributed by atoms with Gasteiger partial charge in [0.15, 0.2) is 0 Å². The lowest BCUT2D eigenvalue weighted by molar-refractivity contribution is -0.136. The molecule has 5 nitrogen and oxygen atoms in total. The normalized spacial score (nSPS) is 11.9. The van der Waals surface area contributed by atoms with Crippen LogP contribution in [-0.4, -0.2) is 23.5 Å². The maximum absolute atomic E-state index is 11.9. The van der Waals surface area contributed by atoms with E-state index in [0.717, 1.165) is 15.6 Å². The monoisotopic (exact) mass is 340 g/mol. The molecule has 0 saturated heterocycles. The lowest BCUT2D eigenvalue weighted by Crippen LogP contribution is -2.37. The first-order valence-electron chi connectivity index (χ1n) is 7.43. The first-order valence-corrected chi connectivity index (χ1v) is 8.31. The summed E-state index contributed by atoms with van der Waals surface area (Å²) in [5.74, 6) is -1.54. The average molecular weight is 340 g/mol. The fourth-order valence-electron chi connectivity index (χ4n) is 2.35. The van der Waals surface area contributed by atoms with Crippen molar-refractivity contribution >= 4 is 38.9 Å². The number of anilines is 1. The maximum Gasteiger partial charge on any atom is 0.313 e. The Morgan fingerprint density at radius 2 is 1.71 bits per heavy atom. The summed E-state index contributed by atoms with van der Waals surface area (Å²) < 4.78 is 1.07. The minimum absolute atomic E-state index is 0.0260. The number of fused-ring (bicyclic) bond motifs is 1. The summed E-state index contributed by atoms with van der Waals surface area (Å²) in [6.45, 7) is -0.0260. The Bertz CT molecular complexity index is 861. The standard InChI is InChI=1S/C18H16N2O3S/c21-15(14-11-24-16-9-5-4-8-13(14)16)10-19-17(22)18(23)20-12-6-2-1-3-7-12/h1-9,11,15,21H,10H2,(H,19,22)(H,20,23)/t15-/m0/s1. The number of hydrogen-bond donors (Lipinski definition) is 3. The van der Waals surface area contributed by atoms with Gasteiger partial charge in [-0.05, 0) is 29.0 Å². The van der Waals surface area contributed by atoms with Crippen molar-refractivity contribution in [1.29, 1.82) is 0 Å². The molecule has 0 bridgehead atoms. The average Bonchev–Trinajstić information content (AvgIpc) is 3.04. The summed E-state index contributed by atoms with van der Waals surface area (Å²) in [5.41, 5.74) is 1.29. The molecule has 0 saturated carbocycles. The quantitative estimate of drug-likeness (QED) is 0.639. The summed E-state index contributed by atoms with van der Waals surface area (Å²) >= 11 is 1.53. The number of aliphatic hydroxyl groups excluding tert-OH is 1. The maximum atomic E-state index is 11.9. The summed E-state index contributed by atoms with van der Waals surface area (Å²) in [7, 11) is 0. The largest absolute Gasteiger partial charge is 0.387 e. The van der Waals surface area contributed by atoms with Gasteiger partial charge in [-0.15, -0.1) is 11.3 Å². The van der Waals surface area contributed by atoms with E-state index in [9.17, 15) is 14.7 Å². The molecule has 0 aliphatic carbocycles. The van der Waals surface area contributed by atoms with E-state index in [1.807, 2.05) is 35.7 Å². The lowest BCUT2D eigenvalue weighted by Gasteiger charge is -2.11. The van der Waals surface area contributed by atoms with Crippen molar-refractivity contribution in [2.24, 2.45) is 0 Å². The second kappa shape index (κ2) is 7.25. The Balaban J connectivity index is 1.58. The molecular weight excluding hydrogens is 324 g/mol. The highest BCUT2D eigenvalue weighted by molar-refractivity contribution is 7.17. The third-order valence-electron chi connectivity index (χ3n) is 3.56. The SMILES string of the molecule is O=C(NC[C@H](O)c1csc2ccccc12)C(=O)Nc1ccccc1. The first kappa shape index (κ1) is 16.2. The van der Waals surface area contributed by atoms with Crippen LogP contribution >= 0.6 is 11.3 Å². The minimum atomic E-state index is -0.866. The van der Waals surface area contributed by atoms with E-state index in [-0.39, 0.29) is 6.54 Å². The number of carbonyl (C=O) groups excluding carboxylic acids is 2. The molecule has 2 aromatic carbocycles. The van der Waals surface area contributed by atoms with Crippen LogP contribution in [0.1, 0.15) is 11.7 Å². The van der Waals surface area contributed by atoms with Gasteiger partial charge in [0.05, 0.1) is 6.10 Å². The van der Waals surface area contributed by atoms with Crippen LogP contribution in [0.3, 0.4) is 0 Å². The molecule has 0 unspecified atom stereocenters. The molecule has 0 aliphatic rings. The van der Waals surface area contributed by atoms with Crippen LogP contribution < -0.4 is 10.6 Å². The van der Waals surface area contributed by atoms with Crippen LogP contribution in [-0.2, 0) is 9.59 Å². The van der Waals surface area contributed by atoms with Gasteiger partial charge in [0.2, 0.25) is 0 Å². The summed E-state index contributed by atoms with van der Waals surface area (Å²) in [6.07, 6.45) is -0.866. The number of aliphatic hydroxyl groups is 1. The molecule has 0 aliphatic heterocycles. The van der Waals surface area contributed by atoms with Crippen LogP contribution in [0.25, 0.3) is 10.1 Å². The highest BCUT2D eigenvalue weighted by atomic mass is 32.1. The Morgan fingerprint density at radius 1 is 1.00 bits per heavy atom. The van der Waals surface area contributed by atoms with E-state index in [0.29, 0.717) is 5.69 Å². The van der Waals surface area contributed by atoms with Gasteiger partial charge in [-0.1, -0.05) is 36.4 Å². The fraction of sp³-hybridized carbons (Fsp3) is 0.111. The number of amides is 2. The van der Waals surface area contributed by atoms with Crippen molar-refractivity contribution in [1.82, 2.24) is 5.32 Å². The molecule has 0 radical (unpaired) electrons. The Kier molecular flexibility index (Phi) is 4.88. The number of benzene rings is 2. The van der Waals surface area contributed by atoms with Crippen LogP contribution in [0, 0.1) is 0 Å². The van der Waals surface area contributed by atoms with E-state index < -0.39 is 17.9 Å². The third kappa shape index (κ3) is 3.61. The predicted octanol–water partition coefficient (Wildman–Crippen LogP) is 2.69. The smallest absolute Gasteiger partial charge is 0.313 e. The topological polar surface area (TPSA) is 78.4 Å². The number of rotatable bonds is 4. The highest BCUT2D eigenvalue weighted by Crippen LogP contribution is 2.29. The van der Waals surface area contributed by atoms with Crippen molar-refractivity contribution in [3.05, 3.63) is 65.5 Å². The number of para-hydroxylation sites is 1. The van der Waals surface area contributed by atoms with Crippen molar-refractivity contribution < 1.29 is 14.7 Å². The molecule has 0 fully saturated rings. The van der Waals surface area contributed by atoms with Gasteiger partial charge in [0.25, 0.3) is 0 Å². The number of nitrogens with one attached hydrogen (secondary N) is 2.